The molecule has 1 saturated heterocycles. The lowest BCUT2D eigenvalue weighted by Crippen LogP contribution is -2.37. The van der Waals surface area contributed by atoms with Crippen LogP contribution in [0.5, 0.6) is 5.75 Å². The summed E-state index contributed by atoms with van der Waals surface area (Å²) in [7, 11) is 0. The van der Waals surface area contributed by atoms with E-state index >= 15 is 0 Å². The number of carbonyl (C=O) groups excluding carboxylic acids is 3. The van der Waals surface area contributed by atoms with Crippen LogP contribution < -0.4 is 15.4 Å². The maximum atomic E-state index is 13.5. The lowest BCUT2D eigenvalue weighted by atomic mass is 10.2. The van der Waals surface area contributed by atoms with Crippen molar-refractivity contribution >= 4 is 23.6 Å². The quantitative estimate of drug-likeness (QED) is 0.673. The van der Waals surface area contributed by atoms with Crippen molar-refractivity contribution in [2.75, 3.05) is 25.1 Å². The van der Waals surface area contributed by atoms with Gasteiger partial charge in [0.25, 0.3) is 5.91 Å². The predicted molar refractivity (Wildman–Crippen MR) is 105 cm³/mol. The molecule has 2 N–H and O–H groups in total. The summed E-state index contributed by atoms with van der Waals surface area (Å²) in [6, 6.07) is 10.8. The summed E-state index contributed by atoms with van der Waals surface area (Å²) in [5.41, 5.74) is 0.143. The fourth-order valence-corrected chi connectivity index (χ4v) is 2.75. The van der Waals surface area contributed by atoms with Gasteiger partial charge in [-0.2, -0.15) is 0 Å². The minimum atomic E-state index is -0.936. The van der Waals surface area contributed by atoms with Gasteiger partial charge in [-0.25, -0.2) is 14.0 Å². The Kier molecular flexibility index (Phi) is 7.34. The molecule has 1 fully saturated rings. The van der Waals surface area contributed by atoms with E-state index in [0.717, 1.165) is 25.5 Å². The molecule has 1 atom stereocenters. The summed E-state index contributed by atoms with van der Waals surface area (Å²) < 4.78 is 29.4. The van der Waals surface area contributed by atoms with Crippen LogP contribution in [0.1, 0.15) is 23.2 Å². The monoisotopic (exact) mass is 416 g/mol. The second-order valence-electron chi connectivity index (χ2n) is 6.53. The molecule has 0 aromatic heterocycles. The average Bonchev–Trinajstić information content (AvgIpc) is 3.26. The fourth-order valence-electron chi connectivity index (χ4n) is 2.75. The van der Waals surface area contributed by atoms with E-state index in [4.69, 9.17) is 14.2 Å². The lowest BCUT2D eigenvalue weighted by Gasteiger charge is -2.11. The van der Waals surface area contributed by atoms with Gasteiger partial charge in [0.05, 0.1) is 17.4 Å². The molecular formula is C21H21FN2O6. The van der Waals surface area contributed by atoms with Gasteiger partial charge in [0.2, 0.25) is 0 Å². The van der Waals surface area contributed by atoms with Crippen molar-refractivity contribution in [3.8, 4) is 5.75 Å². The van der Waals surface area contributed by atoms with Gasteiger partial charge in [-0.1, -0.05) is 12.1 Å². The van der Waals surface area contributed by atoms with E-state index in [2.05, 4.69) is 5.32 Å². The van der Waals surface area contributed by atoms with E-state index in [1.165, 1.54) is 30.3 Å². The number of benzene rings is 2. The first-order valence-corrected chi connectivity index (χ1v) is 9.38. The van der Waals surface area contributed by atoms with Crippen LogP contribution in [0.25, 0.3) is 0 Å². The molecule has 1 heterocycles. The van der Waals surface area contributed by atoms with Gasteiger partial charge in [0.15, 0.2) is 6.61 Å². The Bertz CT molecular complexity index is 897. The lowest BCUT2D eigenvalue weighted by molar-refractivity contribution is -0.123. The topological polar surface area (TPSA) is 103 Å². The van der Waals surface area contributed by atoms with Gasteiger partial charge in [0, 0.05) is 6.61 Å². The highest BCUT2D eigenvalue weighted by Gasteiger charge is 2.17. The number of para-hydroxylation sites is 1. The third-order valence-electron chi connectivity index (χ3n) is 4.26. The first-order valence-electron chi connectivity index (χ1n) is 9.38. The van der Waals surface area contributed by atoms with E-state index in [-0.39, 0.29) is 17.4 Å². The van der Waals surface area contributed by atoms with E-state index < -0.39 is 30.3 Å². The number of nitrogens with one attached hydrogen (secondary N) is 2. The highest BCUT2D eigenvalue weighted by molar-refractivity contribution is 6.02. The molecule has 1 unspecified atom stereocenters. The Morgan fingerprint density at radius 1 is 1.10 bits per heavy atom. The number of hydrogen-bond acceptors (Lipinski definition) is 6. The molecule has 0 aliphatic carbocycles. The Hall–Kier alpha value is -3.46. The predicted octanol–water partition coefficient (Wildman–Crippen LogP) is 2.89. The van der Waals surface area contributed by atoms with Crippen LogP contribution >= 0.6 is 0 Å². The average molecular weight is 416 g/mol. The summed E-state index contributed by atoms with van der Waals surface area (Å²) in [6.45, 7) is 0.525. The van der Waals surface area contributed by atoms with Crippen LogP contribution in [-0.2, 0) is 14.3 Å². The number of rotatable bonds is 7. The van der Waals surface area contributed by atoms with Crippen LogP contribution in [-0.4, -0.2) is 43.8 Å². The second kappa shape index (κ2) is 10.4. The zero-order valence-corrected chi connectivity index (χ0v) is 16.1. The zero-order chi connectivity index (χ0) is 21.3. The van der Waals surface area contributed by atoms with Crippen LogP contribution in [0.4, 0.5) is 14.9 Å². The molecule has 3 amide bonds. The molecule has 1 aliphatic heterocycles. The number of halogens is 1. The number of ether oxygens (including phenoxy) is 3. The minimum Gasteiger partial charge on any atom is -0.491 e. The largest absolute Gasteiger partial charge is 0.491 e. The third kappa shape index (κ3) is 6.28. The highest BCUT2D eigenvalue weighted by Crippen LogP contribution is 2.17. The minimum absolute atomic E-state index is 0.0819. The second-order valence-corrected chi connectivity index (χ2v) is 6.53. The normalized spacial score (nSPS) is 15.3. The SMILES string of the molecule is O=C(COC(=O)c1ccc(OCC2CCCO2)cc1)NC(=O)Nc1ccccc1F. The molecule has 158 valence electrons. The van der Waals surface area contributed by atoms with Gasteiger partial charge in [-0.05, 0) is 49.2 Å². The smallest absolute Gasteiger partial charge is 0.338 e. The van der Waals surface area contributed by atoms with Crippen LogP contribution in [0.2, 0.25) is 0 Å². The molecule has 0 bridgehead atoms. The van der Waals surface area contributed by atoms with Crippen molar-refractivity contribution < 1.29 is 33.0 Å². The van der Waals surface area contributed by atoms with Gasteiger partial charge in [-0.15, -0.1) is 0 Å². The molecule has 1 aliphatic rings. The standard InChI is InChI=1S/C21H21FN2O6/c22-17-5-1-2-6-18(17)23-21(27)24-19(25)13-30-20(26)14-7-9-15(10-8-14)29-12-16-4-3-11-28-16/h1-2,5-10,16H,3-4,11-13H2,(H2,23,24,25,27). The molecule has 2 aromatic carbocycles. The third-order valence-corrected chi connectivity index (χ3v) is 4.26. The number of anilines is 1. The van der Waals surface area contributed by atoms with Crippen molar-refractivity contribution in [2.24, 2.45) is 0 Å². The molecular weight excluding hydrogens is 395 g/mol. The van der Waals surface area contributed by atoms with Crippen molar-refractivity contribution in [3.63, 3.8) is 0 Å². The van der Waals surface area contributed by atoms with Crippen molar-refractivity contribution in [1.82, 2.24) is 5.32 Å². The maximum Gasteiger partial charge on any atom is 0.338 e. The van der Waals surface area contributed by atoms with Crippen molar-refractivity contribution in [1.29, 1.82) is 0 Å². The van der Waals surface area contributed by atoms with E-state index in [0.29, 0.717) is 12.4 Å². The van der Waals surface area contributed by atoms with Gasteiger partial charge in [0.1, 0.15) is 18.2 Å². The Morgan fingerprint density at radius 3 is 2.57 bits per heavy atom. The van der Waals surface area contributed by atoms with Gasteiger partial charge < -0.3 is 19.5 Å². The number of imide groups is 1. The number of urea groups is 1. The first kappa shape index (κ1) is 21.3. The summed E-state index contributed by atoms with van der Waals surface area (Å²) in [5, 5.41) is 4.14. The summed E-state index contributed by atoms with van der Waals surface area (Å²) in [4.78, 5) is 35.5. The Labute approximate surface area is 172 Å². The number of carbonyl (C=O) groups is 3. The van der Waals surface area contributed by atoms with Crippen LogP contribution in [0.3, 0.4) is 0 Å². The molecule has 30 heavy (non-hydrogen) atoms. The molecule has 0 radical (unpaired) electrons. The van der Waals surface area contributed by atoms with Crippen molar-refractivity contribution in [2.45, 2.75) is 18.9 Å². The fraction of sp³-hybridized carbons (Fsp3) is 0.286. The molecule has 8 nitrogen and oxygen atoms in total. The molecule has 3 rings (SSSR count). The summed E-state index contributed by atoms with van der Waals surface area (Å²) in [6.07, 6.45) is 2.07. The van der Waals surface area contributed by atoms with E-state index in [1.54, 1.807) is 12.1 Å². The molecule has 0 spiro atoms. The summed E-state index contributed by atoms with van der Waals surface area (Å²) in [5.74, 6) is -1.64. The molecule has 2 aromatic rings. The van der Waals surface area contributed by atoms with Crippen LogP contribution in [0.15, 0.2) is 48.5 Å². The first-order chi connectivity index (χ1) is 14.5. The van der Waals surface area contributed by atoms with Crippen molar-refractivity contribution in [3.05, 3.63) is 59.9 Å². The maximum absolute atomic E-state index is 13.5. The Balaban J connectivity index is 1.40. The van der Waals surface area contributed by atoms with E-state index in [9.17, 15) is 18.8 Å². The Morgan fingerprint density at radius 2 is 1.87 bits per heavy atom. The van der Waals surface area contributed by atoms with Gasteiger partial charge >= 0.3 is 12.0 Å². The number of amides is 3. The highest BCUT2D eigenvalue weighted by atomic mass is 19.1. The summed E-state index contributed by atoms with van der Waals surface area (Å²) >= 11 is 0. The number of hydrogen-bond donors (Lipinski definition) is 2. The van der Waals surface area contributed by atoms with Gasteiger partial charge in [-0.3, -0.25) is 10.1 Å². The molecule has 9 heteroatoms. The zero-order valence-electron chi connectivity index (χ0n) is 16.1. The van der Waals surface area contributed by atoms with E-state index in [1.807, 2.05) is 5.32 Å². The molecule has 0 saturated carbocycles. The van der Waals surface area contributed by atoms with Crippen LogP contribution in [0, 0.1) is 5.82 Å². The number of esters is 1.